The lowest BCUT2D eigenvalue weighted by Crippen LogP contribution is -2.27. The van der Waals surface area contributed by atoms with Gasteiger partial charge in [0.1, 0.15) is 0 Å². The SMILES string of the molecule is CC(c1cccc(Cl)c1)C(CN)CN. The van der Waals surface area contributed by atoms with E-state index in [1.54, 1.807) is 0 Å². The van der Waals surface area contributed by atoms with Gasteiger partial charge in [-0.1, -0.05) is 30.7 Å². The van der Waals surface area contributed by atoms with Gasteiger partial charge in [-0.25, -0.2) is 0 Å². The second-order valence-electron chi connectivity index (χ2n) is 3.58. The molecule has 1 unspecified atom stereocenters. The fourth-order valence-electron chi connectivity index (χ4n) is 1.57. The van der Waals surface area contributed by atoms with E-state index in [4.69, 9.17) is 23.1 Å². The molecule has 78 valence electrons. The Morgan fingerprint density at radius 3 is 2.43 bits per heavy atom. The largest absolute Gasteiger partial charge is 0.330 e. The van der Waals surface area contributed by atoms with Crippen molar-refractivity contribution < 1.29 is 0 Å². The highest BCUT2D eigenvalue weighted by Gasteiger charge is 2.15. The van der Waals surface area contributed by atoms with Crippen LogP contribution in [0, 0.1) is 5.92 Å². The Bertz CT molecular complexity index is 284. The lowest BCUT2D eigenvalue weighted by Gasteiger charge is -2.21. The van der Waals surface area contributed by atoms with Crippen LogP contribution in [0.1, 0.15) is 18.4 Å². The molecule has 0 aliphatic carbocycles. The summed E-state index contributed by atoms with van der Waals surface area (Å²) in [5.41, 5.74) is 12.5. The Labute approximate surface area is 90.2 Å². The van der Waals surface area contributed by atoms with E-state index in [1.165, 1.54) is 5.56 Å². The van der Waals surface area contributed by atoms with Crippen LogP contribution in [0.25, 0.3) is 0 Å². The van der Waals surface area contributed by atoms with Gasteiger partial charge in [0.15, 0.2) is 0 Å². The standard InChI is InChI=1S/C11H17ClN2/c1-8(10(6-13)7-14)9-3-2-4-11(12)5-9/h2-5,8,10H,6-7,13-14H2,1H3. The lowest BCUT2D eigenvalue weighted by molar-refractivity contribution is 0.466. The van der Waals surface area contributed by atoms with Crippen LogP contribution < -0.4 is 11.5 Å². The minimum atomic E-state index is 0.327. The minimum absolute atomic E-state index is 0.327. The molecule has 3 heteroatoms. The van der Waals surface area contributed by atoms with E-state index in [9.17, 15) is 0 Å². The van der Waals surface area contributed by atoms with Crippen LogP contribution in [-0.4, -0.2) is 13.1 Å². The van der Waals surface area contributed by atoms with Gasteiger partial charge >= 0.3 is 0 Å². The number of halogens is 1. The molecular formula is C11H17ClN2. The van der Waals surface area contributed by atoms with Crippen LogP contribution in [0.15, 0.2) is 24.3 Å². The molecule has 0 saturated carbocycles. The third-order valence-corrected chi connectivity index (χ3v) is 2.92. The summed E-state index contributed by atoms with van der Waals surface area (Å²) < 4.78 is 0. The highest BCUT2D eigenvalue weighted by molar-refractivity contribution is 6.30. The average Bonchev–Trinajstić information content (AvgIpc) is 2.19. The van der Waals surface area contributed by atoms with Gasteiger partial charge in [0.2, 0.25) is 0 Å². The van der Waals surface area contributed by atoms with Gasteiger partial charge in [-0.2, -0.15) is 0 Å². The topological polar surface area (TPSA) is 52.0 Å². The number of rotatable bonds is 4. The zero-order chi connectivity index (χ0) is 10.6. The molecule has 0 spiro atoms. The van der Waals surface area contributed by atoms with E-state index < -0.39 is 0 Å². The van der Waals surface area contributed by atoms with Crippen LogP contribution in [0.3, 0.4) is 0 Å². The van der Waals surface area contributed by atoms with Crippen molar-refractivity contribution in [1.82, 2.24) is 0 Å². The average molecular weight is 213 g/mol. The summed E-state index contributed by atoms with van der Waals surface area (Å²) in [5, 5.41) is 0.766. The summed E-state index contributed by atoms with van der Waals surface area (Å²) in [7, 11) is 0. The van der Waals surface area contributed by atoms with E-state index in [0.717, 1.165) is 5.02 Å². The van der Waals surface area contributed by atoms with E-state index in [0.29, 0.717) is 24.9 Å². The smallest absolute Gasteiger partial charge is 0.0408 e. The van der Waals surface area contributed by atoms with E-state index in [-0.39, 0.29) is 0 Å². The Kier molecular flexibility index (Phi) is 4.39. The van der Waals surface area contributed by atoms with Crippen LogP contribution in [-0.2, 0) is 0 Å². The molecule has 0 aliphatic heterocycles. The summed E-state index contributed by atoms with van der Waals surface area (Å²) in [5.74, 6) is 0.692. The predicted octanol–water partition coefficient (Wildman–Crippen LogP) is 1.98. The summed E-state index contributed by atoms with van der Waals surface area (Å²) in [6, 6.07) is 7.87. The lowest BCUT2D eigenvalue weighted by atomic mass is 9.88. The number of hydrogen-bond donors (Lipinski definition) is 2. The predicted molar refractivity (Wildman–Crippen MR) is 61.5 cm³/mol. The molecule has 1 aromatic rings. The van der Waals surface area contributed by atoms with Gasteiger partial charge in [0.05, 0.1) is 0 Å². The normalized spacial score (nSPS) is 13.2. The van der Waals surface area contributed by atoms with Gasteiger partial charge < -0.3 is 11.5 Å². The third-order valence-electron chi connectivity index (χ3n) is 2.69. The van der Waals surface area contributed by atoms with Crippen molar-refractivity contribution in [3.05, 3.63) is 34.9 Å². The monoisotopic (exact) mass is 212 g/mol. The van der Waals surface area contributed by atoms with Crippen molar-refractivity contribution in [2.45, 2.75) is 12.8 Å². The van der Waals surface area contributed by atoms with Crippen molar-refractivity contribution in [1.29, 1.82) is 0 Å². The molecule has 0 saturated heterocycles. The first-order valence-corrected chi connectivity index (χ1v) is 5.22. The van der Waals surface area contributed by atoms with Crippen molar-refractivity contribution in [2.75, 3.05) is 13.1 Å². The minimum Gasteiger partial charge on any atom is -0.330 e. The van der Waals surface area contributed by atoms with Gasteiger partial charge in [-0.15, -0.1) is 0 Å². The van der Waals surface area contributed by atoms with Crippen molar-refractivity contribution in [3.8, 4) is 0 Å². The number of nitrogens with two attached hydrogens (primary N) is 2. The maximum absolute atomic E-state index is 5.92. The summed E-state index contributed by atoms with van der Waals surface area (Å²) in [6.07, 6.45) is 0. The fourth-order valence-corrected chi connectivity index (χ4v) is 1.77. The summed E-state index contributed by atoms with van der Waals surface area (Å²) >= 11 is 5.92. The Morgan fingerprint density at radius 2 is 1.93 bits per heavy atom. The van der Waals surface area contributed by atoms with Crippen LogP contribution in [0.5, 0.6) is 0 Å². The van der Waals surface area contributed by atoms with Crippen molar-refractivity contribution in [3.63, 3.8) is 0 Å². The van der Waals surface area contributed by atoms with E-state index in [1.807, 2.05) is 18.2 Å². The molecule has 1 aromatic carbocycles. The van der Waals surface area contributed by atoms with Crippen molar-refractivity contribution >= 4 is 11.6 Å². The van der Waals surface area contributed by atoms with Crippen LogP contribution in [0.2, 0.25) is 5.02 Å². The summed E-state index contributed by atoms with van der Waals surface area (Å²) in [4.78, 5) is 0. The van der Waals surface area contributed by atoms with Gasteiger partial charge in [-0.3, -0.25) is 0 Å². The highest BCUT2D eigenvalue weighted by atomic mass is 35.5. The molecule has 0 amide bonds. The molecule has 4 N–H and O–H groups in total. The van der Waals surface area contributed by atoms with Crippen LogP contribution in [0.4, 0.5) is 0 Å². The van der Waals surface area contributed by atoms with Gasteiger partial charge in [-0.05, 0) is 42.6 Å². The molecule has 1 rings (SSSR count). The second kappa shape index (κ2) is 5.35. The highest BCUT2D eigenvalue weighted by Crippen LogP contribution is 2.25. The molecule has 0 fully saturated rings. The number of benzene rings is 1. The quantitative estimate of drug-likeness (QED) is 0.802. The Balaban J connectivity index is 2.82. The van der Waals surface area contributed by atoms with Gasteiger partial charge in [0.25, 0.3) is 0 Å². The second-order valence-corrected chi connectivity index (χ2v) is 4.01. The van der Waals surface area contributed by atoms with Crippen LogP contribution >= 0.6 is 11.6 Å². The molecule has 0 aliphatic rings. The zero-order valence-electron chi connectivity index (χ0n) is 8.41. The molecule has 1 atom stereocenters. The zero-order valence-corrected chi connectivity index (χ0v) is 9.17. The molecule has 2 nitrogen and oxygen atoms in total. The first-order valence-electron chi connectivity index (χ1n) is 4.84. The Hall–Kier alpha value is -0.570. The molecular weight excluding hydrogens is 196 g/mol. The third kappa shape index (κ3) is 2.71. The fraction of sp³-hybridized carbons (Fsp3) is 0.455. The first kappa shape index (κ1) is 11.5. The first-order chi connectivity index (χ1) is 6.69. The molecule has 0 heterocycles. The molecule has 0 aromatic heterocycles. The van der Waals surface area contributed by atoms with E-state index in [2.05, 4.69) is 13.0 Å². The van der Waals surface area contributed by atoms with Crippen molar-refractivity contribution in [2.24, 2.45) is 17.4 Å². The summed E-state index contributed by atoms with van der Waals surface area (Å²) in [6.45, 7) is 3.37. The van der Waals surface area contributed by atoms with E-state index >= 15 is 0 Å². The molecule has 0 bridgehead atoms. The number of hydrogen-bond acceptors (Lipinski definition) is 2. The molecule has 0 radical (unpaired) electrons. The maximum atomic E-state index is 5.92. The maximum Gasteiger partial charge on any atom is 0.0408 e. The molecule has 14 heavy (non-hydrogen) atoms. The Morgan fingerprint density at radius 1 is 1.29 bits per heavy atom. The van der Waals surface area contributed by atoms with Gasteiger partial charge in [0, 0.05) is 5.02 Å².